The highest BCUT2D eigenvalue weighted by atomic mass is 16.3. The van der Waals surface area contributed by atoms with E-state index in [0.29, 0.717) is 5.69 Å². The number of hydrogen-bond acceptors (Lipinski definition) is 4. The van der Waals surface area contributed by atoms with E-state index in [1.807, 2.05) is 30.3 Å². The van der Waals surface area contributed by atoms with Gasteiger partial charge in [-0.1, -0.05) is 11.3 Å². The van der Waals surface area contributed by atoms with Gasteiger partial charge >= 0.3 is 6.03 Å². The monoisotopic (exact) mass is 323 g/mol. The summed E-state index contributed by atoms with van der Waals surface area (Å²) in [6.45, 7) is 0. The molecule has 0 radical (unpaired) electrons. The van der Waals surface area contributed by atoms with Gasteiger partial charge in [0.2, 0.25) is 0 Å². The van der Waals surface area contributed by atoms with Gasteiger partial charge in [-0.05, 0) is 37.1 Å². The largest absolute Gasteiger partial charge is 0.469 e. The SMILES string of the molecule is O=C(Nc1cccc(-n2ccnn2)c1)NC1CCCc2occc21. The molecule has 0 aliphatic heterocycles. The zero-order valence-corrected chi connectivity index (χ0v) is 13.0. The summed E-state index contributed by atoms with van der Waals surface area (Å²) in [6.07, 6.45) is 7.90. The quantitative estimate of drug-likeness (QED) is 0.776. The summed E-state index contributed by atoms with van der Waals surface area (Å²) in [5, 5.41) is 13.6. The van der Waals surface area contributed by atoms with Crippen molar-refractivity contribution in [3.05, 3.63) is 60.3 Å². The first-order valence-electron chi connectivity index (χ1n) is 7.90. The first-order chi connectivity index (χ1) is 11.8. The Hall–Kier alpha value is -3.09. The van der Waals surface area contributed by atoms with Crippen LogP contribution in [-0.2, 0) is 6.42 Å². The van der Waals surface area contributed by atoms with Crippen LogP contribution in [0.1, 0.15) is 30.2 Å². The van der Waals surface area contributed by atoms with Gasteiger partial charge in [0.25, 0.3) is 0 Å². The molecule has 2 N–H and O–H groups in total. The smallest absolute Gasteiger partial charge is 0.319 e. The lowest BCUT2D eigenvalue weighted by Gasteiger charge is -2.22. The van der Waals surface area contributed by atoms with Gasteiger partial charge < -0.3 is 15.1 Å². The average molecular weight is 323 g/mol. The van der Waals surface area contributed by atoms with E-state index in [-0.39, 0.29) is 12.1 Å². The van der Waals surface area contributed by atoms with Crippen LogP contribution in [0.4, 0.5) is 10.5 Å². The second-order valence-corrected chi connectivity index (χ2v) is 5.74. The van der Waals surface area contributed by atoms with Crippen molar-refractivity contribution in [1.82, 2.24) is 20.3 Å². The van der Waals surface area contributed by atoms with Gasteiger partial charge in [-0.2, -0.15) is 0 Å². The first-order valence-corrected chi connectivity index (χ1v) is 7.90. The normalized spacial score (nSPS) is 16.4. The summed E-state index contributed by atoms with van der Waals surface area (Å²) in [5.74, 6) is 0.972. The fraction of sp³-hybridized carbons (Fsp3) is 0.235. The number of urea groups is 1. The molecule has 2 heterocycles. The molecule has 0 bridgehead atoms. The number of nitrogens with zero attached hydrogens (tertiary/aromatic N) is 3. The Bertz CT molecular complexity index is 840. The lowest BCUT2D eigenvalue weighted by Crippen LogP contribution is -2.34. The minimum atomic E-state index is -0.232. The maximum Gasteiger partial charge on any atom is 0.319 e. The Balaban J connectivity index is 1.45. The Labute approximate surface area is 138 Å². The minimum absolute atomic E-state index is 0.00834. The molecule has 0 spiro atoms. The molecule has 122 valence electrons. The van der Waals surface area contributed by atoms with Gasteiger partial charge in [0.1, 0.15) is 5.76 Å². The number of fused-ring (bicyclic) bond motifs is 1. The Morgan fingerprint density at radius 1 is 1.33 bits per heavy atom. The summed E-state index contributed by atoms with van der Waals surface area (Å²) in [4.78, 5) is 12.3. The van der Waals surface area contributed by atoms with Crippen LogP contribution >= 0.6 is 0 Å². The number of aryl methyl sites for hydroxylation is 1. The van der Waals surface area contributed by atoms with Crippen LogP contribution in [0.2, 0.25) is 0 Å². The molecule has 7 heteroatoms. The number of carbonyl (C=O) groups excluding carboxylic acids is 1. The fourth-order valence-corrected chi connectivity index (χ4v) is 3.03. The molecule has 1 unspecified atom stereocenters. The third-order valence-corrected chi connectivity index (χ3v) is 4.15. The number of furan rings is 1. The molecule has 0 saturated heterocycles. The molecular formula is C17H17N5O2. The summed E-state index contributed by atoms with van der Waals surface area (Å²) >= 11 is 0. The van der Waals surface area contributed by atoms with Gasteiger partial charge in [0.15, 0.2) is 0 Å². The number of aromatic nitrogens is 3. The molecule has 0 saturated carbocycles. The Morgan fingerprint density at radius 2 is 2.29 bits per heavy atom. The van der Waals surface area contributed by atoms with E-state index in [0.717, 1.165) is 36.3 Å². The van der Waals surface area contributed by atoms with E-state index >= 15 is 0 Å². The highest BCUT2D eigenvalue weighted by Crippen LogP contribution is 2.30. The van der Waals surface area contributed by atoms with E-state index in [2.05, 4.69) is 20.9 Å². The topological polar surface area (TPSA) is 85.0 Å². The van der Waals surface area contributed by atoms with Gasteiger partial charge in [-0.15, -0.1) is 5.10 Å². The number of benzene rings is 1. The minimum Gasteiger partial charge on any atom is -0.469 e. The van der Waals surface area contributed by atoms with Gasteiger partial charge in [-0.25, -0.2) is 9.48 Å². The highest BCUT2D eigenvalue weighted by Gasteiger charge is 2.23. The van der Waals surface area contributed by atoms with Crippen LogP contribution in [0.5, 0.6) is 0 Å². The second-order valence-electron chi connectivity index (χ2n) is 5.74. The number of nitrogens with one attached hydrogen (secondary N) is 2. The van der Waals surface area contributed by atoms with Crippen LogP contribution in [0.15, 0.2) is 53.4 Å². The summed E-state index contributed by atoms with van der Waals surface area (Å²) in [6, 6.07) is 9.14. The Morgan fingerprint density at radius 3 is 3.17 bits per heavy atom. The summed E-state index contributed by atoms with van der Waals surface area (Å²) < 4.78 is 7.10. The third-order valence-electron chi connectivity index (χ3n) is 4.15. The molecule has 1 aliphatic rings. The van der Waals surface area contributed by atoms with Crippen molar-refractivity contribution < 1.29 is 9.21 Å². The number of rotatable bonds is 3. The maximum atomic E-state index is 12.3. The molecule has 1 atom stereocenters. The predicted octanol–water partition coefficient (Wildman–Crippen LogP) is 3.06. The zero-order chi connectivity index (χ0) is 16.4. The number of hydrogen-bond donors (Lipinski definition) is 2. The van der Waals surface area contributed by atoms with Crippen LogP contribution in [0.25, 0.3) is 5.69 Å². The first kappa shape index (κ1) is 14.5. The fourth-order valence-electron chi connectivity index (χ4n) is 3.03. The molecule has 1 aliphatic carbocycles. The van der Waals surface area contributed by atoms with Crippen molar-refractivity contribution in [2.24, 2.45) is 0 Å². The molecule has 2 amide bonds. The van der Waals surface area contributed by atoms with Crippen molar-refractivity contribution in [1.29, 1.82) is 0 Å². The molecular weight excluding hydrogens is 306 g/mol. The molecule has 2 aromatic heterocycles. The lowest BCUT2D eigenvalue weighted by molar-refractivity contribution is 0.246. The van der Waals surface area contributed by atoms with E-state index in [9.17, 15) is 4.79 Å². The average Bonchev–Trinajstić information content (AvgIpc) is 3.27. The third kappa shape index (κ3) is 2.88. The molecule has 0 fully saturated rings. The molecule has 4 rings (SSSR count). The molecule has 3 aromatic rings. The number of amides is 2. The van der Waals surface area contributed by atoms with Crippen LogP contribution in [-0.4, -0.2) is 21.0 Å². The van der Waals surface area contributed by atoms with Crippen molar-refractivity contribution >= 4 is 11.7 Å². The predicted molar refractivity (Wildman–Crippen MR) is 87.9 cm³/mol. The lowest BCUT2D eigenvalue weighted by atomic mass is 9.93. The van der Waals surface area contributed by atoms with Gasteiger partial charge in [0, 0.05) is 17.7 Å². The van der Waals surface area contributed by atoms with E-state index in [1.165, 1.54) is 0 Å². The maximum absolute atomic E-state index is 12.3. The van der Waals surface area contributed by atoms with Crippen LogP contribution < -0.4 is 10.6 Å². The highest BCUT2D eigenvalue weighted by molar-refractivity contribution is 5.89. The molecule has 24 heavy (non-hydrogen) atoms. The standard InChI is InChI=1S/C17H17N5O2/c23-17(20-15-5-2-6-16-14(15)7-10-24-16)19-12-3-1-4-13(11-12)22-9-8-18-21-22/h1,3-4,7-11,15H,2,5-6H2,(H2,19,20,23). The second kappa shape index (κ2) is 6.19. The molecule has 1 aromatic carbocycles. The van der Waals surface area contributed by atoms with Crippen molar-refractivity contribution in [3.63, 3.8) is 0 Å². The summed E-state index contributed by atoms with van der Waals surface area (Å²) in [5.41, 5.74) is 2.61. The zero-order valence-electron chi connectivity index (χ0n) is 13.0. The Kier molecular flexibility index (Phi) is 3.74. The summed E-state index contributed by atoms with van der Waals surface area (Å²) in [7, 11) is 0. The van der Waals surface area contributed by atoms with Crippen LogP contribution in [0, 0.1) is 0 Å². The van der Waals surface area contributed by atoms with Gasteiger partial charge in [0.05, 0.1) is 30.4 Å². The van der Waals surface area contributed by atoms with Crippen molar-refractivity contribution in [2.45, 2.75) is 25.3 Å². The molecule has 7 nitrogen and oxygen atoms in total. The van der Waals surface area contributed by atoms with E-state index < -0.39 is 0 Å². The van der Waals surface area contributed by atoms with Crippen molar-refractivity contribution in [2.75, 3.05) is 5.32 Å². The number of carbonyl (C=O) groups is 1. The van der Waals surface area contributed by atoms with Gasteiger partial charge in [-0.3, -0.25) is 0 Å². The number of anilines is 1. The van der Waals surface area contributed by atoms with Crippen molar-refractivity contribution in [3.8, 4) is 5.69 Å². The van der Waals surface area contributed by atoms with Crippen LogP contribution in [0.3, 0.4) is 0 Å². The van der Waals surface area contributed by atoms with E-state index in [1.54, 1.807) is 23.3 Å². The van der Waals surface area contributed by atoms with E-state index in [4.69, 9.17) is 4.42 Å².